The number of aryl methyl sites for hydroxylation is 2. The molecular formula is C18H17BrN2O2. The van der Waals surface area contributed by atoms with Crippen LogP contribution in [-0.4, -0.2) is 18.4 Å². The lowest BCUT2D eigenvalue weighted by atomic mass is 10.0. The molecule has 2 aromatic carbocycles. The minimum Gasteiger partial charge on any atom is -0.318 e. The number of hydrogen-bond donors (Lipinski definition) is 1. The summed E-state index contributed by atoms with van der Waals surface area (Å²) >= 11 is 3.38. The van der Waals surface area contributed by atoms with E-state index in [0.717, 1.165) is 34.1 Å². The molecule has 0 atom stereocenters. The van der Waals surface area contributed by atoms with Crippen LogP contribution in [0.3, 0.4) is 0 Å². The lowest BCUT2D eigenvalue weighted by molar-refractivity contribution is -0.134. The van der Waals surface area contributed by atoms with Gasteiger partial charge in [0, 0.05) is 22.4 Å². The van der Waals surface area contributed by atoms with Crippen molar-refractivity contribution >= 4 is 39.1 Å². The van der Waals surface area contributed by atoms with Gasteiger partial charge in [0.05, 0.1) is 0 Å². The van der Waals surface area contributed by atoms with Gasteiger partial charge in [0.1, 0.15) is 0 Å². The number of benzene rings is 2. The second-order valence-corrected chi connectivity index (χ2v) is 6.52. The van der Waals surface area contributed by atoms with Crippen LogP contribution in [0.5, 0.6) is 0 Å². The molecule has 1 aliphatic heterocycles. The van der Waals surface area contributed by atoms with Gasteiger partial charge in [-0.05, 0) is 55.2 Å². The monoisotopic (exact) mass is 372 g/mol. The van der Waals surface area contributed by atoms with Gasteiger partial charge in [-0.25, -0.2) is 0 Å². The molecule has 0 unspecified atom stereocenters. The van der Waals surface area contributed by atoms with Crippen LogP contribution in [-0.2, 0) is 16.0 Å². The summed E-state index contributed by atoms with van der Waals surface area (Å²) in [6, 6.07) is 13.3. The molecule has 0 aromatic heterocycles. The molecule has 1 aliphatic rings. The van der Waals surface area contributed by atoms with Crippen LogP contribution >= 0.6 is 15.9 Å². The molecule has 23 heavy (non-hydrogen) atoms. The highest BCUT2D eigenvalue weighted by Crippen LogP contribution is 2.27. The van der Waals surface area contributed by atoms with E-state index < -0.39 is 11.8 Å². The Morgan fingerprint density at radius 2 is 1.96 bits per heavy atom. The average Bonchev–Trinajstić information content (AvgIpc) is 2.56. The molecule has 1 heterocycles. The van der Waals surface area contributed by atoms with Crippen LogP contribution < -0.4 is 10.2 Å². The molecule has 0 saturated carbocycles. The molecule has 0 bridgehead atoms. The number of hydrogen-bond acceptors (Lipinski definition) is 2. The predicted molar refractivity (Wildman–Crippen MR) is 94.6 cm³/mol. The fourth-order valence-corrected chi connectivity index (χ4v) is 3.29. The van der Waals surface area contributed by atoms with Crippen molar-refractivity contribution in [2.45, 2.75) is 19.8 Å². The highest BCUT2D eigenvalue weighted by molar-refractivity contribution is 9.10. The smallest absolute Gasteiger partial charge is 0.316 e. The van der Waals surface area contributed by atoms with E-state index in [1.54, 1.807) is 11.0 Å². The van der Waals surface area contributed by atoms with Crippen molar-refractivity contribution in [1.29, 1.82) is 0 Å². The minimum absolute atomic E-state index is 0.514. The molecule has 3 rings (SSSR count). The van der Waals surface area contributed by atoms with Crippen LogP contribution in [0.1, 0.15) is 17.5 Å². The van der Waals surface area contributed by atoms with E-state index >= 15 is 0 Å². The third kappa shape index (κ3) is 3.29. The van der Waals surface area contributed by atoms with Crippen molar-refractivity contribution in [2.24, 2.45) is 0 Å². The number of halogens is 1. The van der Waals surface area contributed by atoms with E-state index in [1.807, 2.05) is 43.3 Å². The molecule has 0 saturated heterocycles. The quantitative estimate of drug-likeness (QED) is 0.776. The van der Waals surface area contributed by atoms with Crippen molar-refractivity contribution in [3.05, 3.63) is 58.1 Å². The largest absolute Gasteiger partial charge is 0.318 e. The minimum atomic E-state index is -0.605. The average molecular weight is 373 g/mol. The second-order valence-electron chi connectivity index (χ2n) is 5.60. The van der Waals surface area contributed by atoms with Gasteiger partial charge in [0.15, 0.2) is 0 Å². The summed E-state index contributed by atoms with van der Waals surface area (Å²) in [6.45, 7) is 2.46. The first-order valence-electron chi connectivity index (χ1n) is 7.53. The highest BCUT2D eigenvalue weighted by atomic mass is 79.9. The Morgan fingerprint density at radius 3 is 2.74 bits per heavy atom. The summed E-state index contributed by atoms with van der Waals surface area (Å²) in [4.78, 5) is 26.5. The van der Waals surface area contributed by atoms with E-state index in [9.17, 15) is 9.59 Å². The number of anilines is 2. The topological polar surface area (TPSA) is 49.4 Å². The first-order valence-corrected chi connectivity index (χ1v) is 8.32. The Morgan fingerprint density at radius 1 is 1.17 bits per heavy atom. The van der Waals surface area contributed by atoms with E-state index in [4.69, 9.17) is 0 Å². The zero-order valence-electron chi connectivity index (χ0n) is 12.8. The first kappa shape index (κ1) is 15.7. The van der Waals surface area contributed by atoms with Gasteiger partial charge < -0.3 is 10.2 Å². The summed E-state index contributed by atoms with van der Waals surface area (Å²) in [5.41, 5.74) is 3.50. The third-order valence-electron chi connectivity index (χ3n) is 3.99. The maximum absolute atomic E-state index is 12.5. The Kier molecular flexibility index (Phi) is 4.48. The van der Waals surface area contributed by atoms with E-state index in [2.05, 4.69) is 21.2 Å². The van der Waals surface area contributed by atoms with Crippen LogP contribution in [0.4, 0.5) is 11.4 Å². The van der Waals surface area contributed by atoms with Crippen molar-refractivity contribution in [1.82, 2.24) is 0 Å². The number of carbonyl (C=O) groups is 2. The van der Waals surface area contributed by atoms with Crippen LogP contribution in [0, 0.1) is 6.92 Å². The summed E-state index contributed by atoms with van der Waals surface area (Å²) < 4.78 is 0.935. The molecule has 118 valence electrons. The standard InChI is InChI=1S/C18H17BrN2O2/c1-12-11-14(19)8-9-15(12)20-17(22)18(23)21-10-4-6-13-5-2-3-7-16(13)21/h2-3,5,7-9,11H,4,6,10H2,1H3,(H,20,22). The number of carbonyl (C=O) groups excluding carboxylic acids is 2. The third-order valence-corrected chi connectivity index (χ3v) is 4.48. The maximum Gasteiger partial charge on any atom is 0.316 e. The molecule has 2 aromatic rings. The number of rotatable bonds is 1. The van der Waals surface area contributed by atoms with Crippen LogP contribution in [0.25, 0.3) is 0 Å². The highest BCUT2D eigenvalue weighted by Gasteiger charge is 2.27. The fourth-order valence-electron chi connectivity index (χ4n) is 2.81. The van der Waals surface area contributed by atoms with Gasteiger partial charge in [0.2, 0.25) is 0 Å². The Hall–Kier alpha value is -2.14. The van der Waals surface area contributed by atoms with Crippen molar-refractivity contribution in [2.75, 3.05) is 16.8 Å². The number of amides is 2. The van der Waals surface area contributed by atoms with E-state index in [-0.39, 0.29) is 0 Å². The zero-order valence-corrected chi connectivity index (χ0v) is 14.4. The van der Waals surface area contributed by atoms with Gasteiger partial charge in [-0.3, -0.25) is 9.59 Å². The Labute approximate surface area is 143 Å². The van der Waals surface area contributed by atoms with Gasteiger partial charge in [-0.2, -0.15) is 0 Å². The molecule has 0 radical (unpaired) electrons. The molecule has 0 spiro atoms. The summed E-state index contributed by atoms with van der Waals surface area (Å²) in [6.07, 6.45) is 1.81. The number of fused-ring (bicyclic) bond motifs is 1. The van der Waals surface area contributed by atoms with Crippen LogP contribution in [0.2, 0.25) is 0 Å². The van der Waals surface area contributed by atoms with Gasteiger partial charge in [0.25, 0.3) is 0 Å². The van der Waals surface area contributed by atoms with E-state index in [1.165, 1.54) is 0 Å². The normalized spacial score (nSPS) is 13.4. The van der Waals surface area contributed by atoms with Crippen molar-refractivity contribution in [3.63, 3.8) is 0 Å². The van der Waals surface area contributed by atoms with Crippen molar-refractivity contribution < 1.29 is 9.59 Å². The number of para-hydroxylation sites is 1. The molecule has 5 heteroatoms. The fraction of sp³-hybridized carbons (Fsp3) is 0.222. The zero-order chi connectivity index (χ0) is 16.4. The second kappa shape index (κ2) is 6.54. The Balaban J connectivity index is 1.80. The first-order chi connectivity index (χ1) is 11.1. The molecular weight excluding hydrogens is 356 g/mol. The molecule has 0 fully saturated rings. The summed E-state index contributed by atoms with van der Waals surface area (Å²) in [5, 5.41) is 2.71. The number of nitrogens with zero attached hydrogens (tertiary/aromatic N) is 1. The summed E-state index contributed by atoms with van der Waals surface area (Å²) in [5.74, 6) is -1.12. The number of nitrogens with one attached hydrogen (secondary N) is 1. The lowest BCUT2D eigenvalue weighted by Crippen LogP contribution is -2.42. The lowest BCUT2D eigenvalue weighted by Gasteiger charge is -2.28. The van der Waals surface area contributed by atoms with Gasteiger partial charge >= 0.3 is 11.8 Å². The maximum atomic E-state index is 12.5. The van der Waals surface area contributed by atoms with Crippen LogP contribution in [0.15, 0.2) is 46.9 Å². The summed E-state index contributed by atoms with van der Waals surface area (Å²) in [7, 11) is 0. The molecule has 2 amide bonds. The molecule has 1 N–H and O–H groups in total. The molecule has 0 aliphatic carbocycles. The molecule has 4 nitrogen and oxygen atoms in total. The Bertz CT molecular complexity index is 773. The van der Waals surface area contributed by atoms with E-state index in [0.29, 0.717) is 12.2 Å². The van der Waals surface area contributed by atoms with Gasteiger partial charge in [-0.15, -0.1) is 0 Å². The van der Waals surface area contributed by atoms with Crippen molar-refractivity contribution in [3.8, 4) is 0 Å². The van der Waals surface area contributed by atoms with Gasteiger partial charge in [-0.1, -0.05) is 34.1 Å². The predicted octanol–water partition coefficient (Wildman–Crippen LogP) is 3.68. The SMILES string of the molecule is Cc1cc(Br)ccc1NC(=O)C(=O)N1CCCc2ccccc21.